The minimum atomic E-state index is 0.337. The van der Waals surface area contributed by atoms with Crippen LogP contribution in [0.4, 0.5) is 5.95 Å². The largest absolute Gasteiger partial charge is 0.378 e. The molecule has 1 aromatic heterocycles. The summed E-state index contributed by atoms with van der Waals surface area (Å²) < 4.78 is 7.09. The van der Waals surface area contributed by atoms with Crippen LogP contribution in [0.3, 0.4) is 0 Å². The van der Waals surface area contributed by atoms with E-state index in [2.05, 4.69) is 27.8 Å². The average molecular weight is 197 g/mol. The van der Waals surface area contributed by atoms with Gasteiger partial charge in [-0.1, -0.05) is 5.10 Å². The van der Waals surface area contributed by atoms with Crippen LogP contribution in [-0.2, 0) is 11.8 Å². The van der Waals surface area contributed by atoms with Gasteiger partial charge in [-0.15, -0.1) is 0 Å². The van der Waals surface area contributed by atoms with Crippen molar-refractivity contribution in [3.63, 3.8) is 0 Å². The van der Waals surface area contributed by atoms with Gasteiger partial charge in [0.1, 0.15) is 0 Å². The zero-order chi connectivity index (χ0) is 9.97. The minimum Gasteiger partial charge on any atom is -0.378 e. The second-order valence-corrected chi connectivity index (χ2v) is 3.63. The van der Waals surface area contributed by atoms with E-state index in [1.165, 1.54) is 0 Å². The number of aromatic nitrogens is 4. The van der Waals surface area contributed by atoms with Crippen LogP contribution in [-0.4, -0.2) is 39.5 Å². The van der Waals surface area contributed by atoms with Gasteiger partial charge in [-0.05, 0) is 23.8 Å². The molecule has 1 aliphatic heterocycles. The molecule has 1 fully saturated rings. The van der Waals surface area contributed by atoms with E-state index in [4.69, 9.17) is 4.74 Å². The molecule has 6 nitrogen and oxygen atoms in total. The number of nitrogens with one attached hydrogen (secondary N) is 1. The highest BCUT2D eigenvalue weighted by atomic mass is 16.5. The number of hydrogen-bond acceptors (Lipinski definition) is 5. The van der Waals surface area contributed by atoms with Gasteiger partial charge < -0.3 is 10.1 Å². The molecule has 14 heavy (non-hydrogen) atoms. The molecule has 0 radical (unpaired) electrons. The predicted molar refractivity (Wildman–Crippen MR) is 50.8 cm³/mol. The monoisotopic (exact) mass is 197 g/mol. The van der Waals surface area contributed by atoms with Crippen LogP contribution >= 0.6 is 0 Å². The van der Waals surface area contributed by atoms with Crippen molar-refractivity contribution in [3.05, 3.63) is 0 Å². The summed E-state index contributed by atoms with van der Waals surface area (Å²) in [6, 6.07) is 0. The molecule has 0 bridgehead atoms. The first-order valence-electron chi connectivity index (χ1n) is 4.85. The van der Waals surface area contributed by atoms with Crippen molar-refractivity contribution in [2.45, 2.75) is 19.4 Å². The van der Waals surface area contributed by atoms with E-state index < -0.39 is 0 Å². The number of nitrogens with zero attached hydrogens (tertiary/aromatic N) is 4. The standard InChI is InChI=1S/C8H15N5O/c1-6-7(3-4-14-6)5-9-8-10-11-12-13(8)2/h6-7H,3-5H2,1-2H3,(H,9,10,12). The second-order valence-electron chi connectivity index (χ2n) is 3.63. The summed E-state index contributed by atoms with van der Waals surface area (Å²) in [7, 11) is 1.82. The van der Waals surface area contributed by atoms with Crippen molar-refractivity contribution in [1.29, 1.82) is 0 Å². The molecular formula is C8H15N5O. The van der Waals surface area contributed by atoms with E-state index >= 15 is 0 Å². The second kappa shape index (κ2) is 3.91. The lowest BCUT2D eigenvalue weighted by atomic mass is 10.0. The van der Waals surface area contributed by atoms with E-state index in [-0.39, 0.29) is 0 Å². The molecule has 0 aliphatic carbocycles. The lowest BCUT2D eigenvalue weighted by molar-refractivity contribution is 0.108. The summed E-state index contributed by atoms with van der Waals surface area (Å²) >= 11 is 0. The van der Waals surface area contributed by atoms with E-state index in [9.17, 15) is 0 Å². The van der Waals surface area contributed by atoms with Gasteiger partial charge >= 0.3 is 0 Å². The Morgan fingerprint density at radius 2 is 2.50 bits per heavy atom. The maximum Gasteiger partial charge on any atom is 0.242 e. The minimum absolute atomic E-state index is 0.337. The van der Waals surface area contributed by atoms with Gasteiger partial charge in [0, 0.05) is 26.1 Å². The van der Waals surface area contributed by atoms with E-state index in [0.717, 1.165) is 19.6 Å². The maximum absolute atomic E-state index is 5.47. The number of anilines is 1. The van der Waals surface area contributed by atoms with Crippen molar-refractivity contribution < 1.29 is 4.74 Å². The lowest BCUT2D eigenvalue weighted by Gasteiger charge is -2.14. The number of rotatable bonds is 3. The van der Waals surface area contributed by atoms with Gasteiger partial charge in [-0.3, -0.25) is 0 Å². The van der Waals surface area contributed by atoms with Crippen molar-refractivity contribution in [2.75, 3.05) is 18.5 Å². The van der Waals surface area contributed by atoms with Crippen LogP contribution < -0.4 is 5.32 Å². The molecule has 1 N–H and O–H groups in total. The van der Waals surface area contributed by atoms with Crippen LogP contribution in [0.2, 0.25) is 0 Å². The van der Waals surface area contributed by atoms with E-state index in [1.807, 2.05) is 7.05 Å². The van der Waals surface area contributed by atoms with Crippen molar-refractivity contribution in [2.24, 2.45) is 13.0 Å². The van der Waals surface area contributed by atoms with Crippen LogP contribution in [0.25, 0.3) is 0 Å². The molecule has 2 heterocycles. The molecule has 78 valence electrons. The highest BCUT2D eigenvalue weighted by Gasteiger charge is 2.24. The summed E-state index contributed by atoms with van der Waals surface area (Å²) in [6.07, 6.45) is 1.45. The molecule has 1 aromatic rings. The fraction of sp³-hybridized carbons (Fsp3) is 0.875. The zero-order valence-corrected chi connectivity index (χ0v) is 8.47. The van der Waals surface area contributed by atoms with Gasteiger partial charge in [-0.2, -0.15) is 0 Å². The Morgan fingerprint density at radius 3 is 3.07 bits per heavy atom. The third kappa shape index (κ3) is 1.84. The first-order valence-corrected chi connectivity index (χ1v) is 4.85. The van der Waals surface area contributed by atoms with Crippen LogP contribution in [0.1, 0.15) is 13.3 Å². The highest BCUT2D eigenvalue weighted by Crippen LogP contribution is 2.20. The third-order valence-electron chi connectivity index (χ3n) is 2.68. The van der Waals surface area contributed by atoms with Crippen molar-refractivity contribution >= 4 is 5.95 Å². The molecule has 6 heteroatoms. The molecule has 0 spiro atoms. The predicted octanol–water partition coefficient (Wildman–Crippen LogP) is 0.0470. The Labute approximate surface area is 82.6 Å². The SMILES string of the molecule is CC1OCCC1CNc1nnnn1C. The van der Waals surface area contributed by atoms with Crippen LogP contribution in [0.5, 0.6) is 0 Å². The Kier molecular flexibility index (Phi) is 2.62. The summed E-state index contributed by atoms with van der Waals surface area (Å²) in [5, 5.41) is 14.4. The van der Waals surface area contributed by atoms with E-state index in [1.54, 1.807) is 4.68 Å². The summed E-state index contributed by atoms with van der Waals surface area (Å²) in [4.78, 5) is 0. The third-order valence-corrected chi connectivity index (χ3v) is 2.68. The van der Waals surface area contributed by atoms with Gasteiger partial charge in [-0.25, -0.2) is 4.68 Å². The quantitative estimate of drug-likeness (QED) is 0.741. The number of ether oxygens (including phenoxy) is 1. The first kappa shape index (κ1) is 9.39. The Hall–Kier alpha value is -1.17. The topological polar surface area (TPSA) is 64.9 Å². The summed E-state index contributed by atoms with van der Waals surface area (Å²) in [6.45, 7) is 3.84. The van der Waals surface area contributed by atoms with Gasteiger partial charge in [0.15, 0.2) is 0 Å². The molecule has 0 saturated carbocycles. The fourth-order valence-electron chi connectivity index (χ4n) is 1.65. The molecule has 1 aliphatic rings. The maximum atomic E-state index is 5.47. The number of tetrazole rings is 1. The van der Waals surface area contributed by atoms with E-state index in [0.29, 0.717) is 18.0 Å². The lowest BCUT2D eigenvalue weighted by Crippen LogP contribution is -2.22. The van der Waals surface area contributed by atoms with Gasteiger partial charge in [0.25, 0.3) is 0 Å². The smallest absolute Gasteiger partial charge is 0.242 e. The van der Waals surface area contributed by atoms with Gasteiger partial charge in [0.05, 0.1) is 6.10 Å². The van der Waals surface area contributed by atoms with Crippen molar-refractivity contribution in [3.8, 4) is 0 Å². The van der Waals surface area contributed by atoms with Crippen LogP contribution in [0, 0.1) is 5.92 Å². The highest BCUT2D eigenvalue weighted by molar-refractivity contribution is 5.20. The fourth-order valence-corrected chi connectivity index (χ4v) is 1.65. The normalized spacial score (nSPS) is 26.7. The molecule has 1 saturated heterocycles. The Bertz CT molecular complexity index is 300. The summed E-state index contributed by atoms with van der Waals surface area (Å²) in [5.41, 5.74) is 0. The Balaban J connectivity index is 1.85. The molecule has 2 unspecified atom stereocenters. The molecule has 0 aromatic carbocycles. The molecule has 2 atom stereocenters. The van der Waals surface area contributed by atoms with Gasteiger partial charge in [0.2, 0.25) is 5.95 Å². The van der Waals surface area contributed by atoms with Crippen LogP contribution in [0.15, 0.2) is 0 Å². The first-order chi connectivity index (χ1) is 6.77. The summed E-state index contributed by atoms with van der Waals surface area (Å²) in [5.74, 6) is 1.27. The molecule has 0 amide bonds. The zero-order valence-electron chi connectivity index (χ0n) is 8.47. The number of hydrogen-bond donors (Lipinski definition) is 1. The number of aryl methyl sites for hydroxylation is 1. The average Bonchev–Trinajstić information content (AvgIpc) is 2.72. The Morgan fingerprint density at radius 1 is 1.64 bits per heavy atom. The van der Waals surface area contributed by atoms with Crippen molar-refractivity contribution in [1.82, 2.24) is 20.2 Å². The molecule has 2 rings (SSSR count). The molecular weight excluding hydrogens is 182 g/mol.